The zero-order valence-corrected chi connectivity index (χ0v) is 13.6. The number of alkyl halides is 3. The van der Waals surface area contributed by atoms with E-state index in [0.29, 0.717) is 0 Å². The van der Waals surface area contributed by atoms with E-state index >= 15 is 0 Å². The van der Waals surface area contributed by atoms with E-state index in [4.69, 9.17) is 0 Å². The minimum absolute atomic E-state index is 0.00756. The zero-order chi connectivity index (χ0) is 18.4. The molecule has 3 N–H and O–H groups in total. The number of hydrogen-bond donors (Lipinski definition) is 3. The van der Waals surface area contributed by atoms with E-state index in [2.05, 4.69) is 10.6 Å². The smallest absolute Gasteiger partial charge is 0.387 e. The molecule has 1 saturated carbocycles. The van der Waals surface area contributed by atoms with Gasteiger partial charge in [-0.3, -0.25) is 9.59 Å². The number of carbonyl (C=O) groups excluding carboxylic acids is 2. The largest absolute Gasteiger partial charge is 0.416 e. The van der Waals surface area contributed by atoms with Crippen LogP contribution in [0.1, 0.15) is 49.3 Å². The lowest BCUT2D eigenvalue weighted by atomic mass is 9.95. The molecule has 138 valence electrons. The van der Waals surface area contributed by atoms with Crippen molar-refractivity contribution in [1.29, 1.82) is 0 Å². The predicted molar refractivity (Wildman–Crippen MR) is 84.4 cm³/mol. The Morgan fingerprint density at radius 1 is 1.08 bits per heavy atom. The summed E-state index contributed by atoms with van der Waals surface area (Å²) in [5.74, 6) is -1.62. The third-order valence-electron chi connectivity index (χ3n) is 4.23. The molecular formula is C17H21F3N2O3. The fourth-order valence-electron chi connectivity index (χ4n) is 2.78. The Labute approximate surface area is 143 Å². The molecule has 2 amide bonds. The monoisotopic (exact) mass is 358 g/mol. The molecular weight excluding hydrogens is 337 g/mol. The van der Waals surface area contributed by atoms with Gasteiger partial charge in [0.05, 0.1) is 11.7 Å². The third-order valence-corrected chi connectivity index (χ3v) is 4.23. The normalized spacial score (nSPS) is 17.0. The van der Waals surface area contributed by atoms with Gasteiger partial charge in [-0.05, 0) is 30.5 Å². The second-order valence-electron chi connectivity index (χ2n) is 6.15. The highest BCUT2D eigenvalue weighted by Crippen LogP contribution is 2.29. The Hall–Kier alpha value is -2.09. The molecule has 0 saturated heterocycles. The number of aliphatic hydroxyl groups is 1. The molecule has 0 aliphatic heterocycles. The van der Waals surface area contributed by atoms with Crippen molar-refractivity contribution in [2.45, 2.75) is 50.4 Å². The van der Waals surface area contributed by atoms with Gasteiger partial charge in [0.15, 0.2) is 0 Å². The van der Waals surface area contributed by atoms with Crippen LogP contribution in [0.25, 0.3) is 0 Å². The summed E-state index contributed by atoms with van der Waals surface area (Å²) >= 11 is 0. The van der Waals surface area contributed by atoms with Crippen LogP contribution in [-0.2, 0) is 15.8 Å². The van der Waals surface area contributed by atoms with Crippen LogP contribution in [0.5, 0.6) is 0 Å². The molecule has 0 bridgehead atoms. The van der Waals surface area contributed by atoms with Crippen molar-refractivity contribution < 1.29 is 27.9 Å². The summed E-state index contributed by atoms with van der Waals surface area (Å²) in [5.41, 5.74) is -0.597. The molecule has 0 heterocycles. The highest BCUT2D eigenvalue weighted by molar-refractivity contribution is 6.35. The Morgan fingerprint density at radius 2 is 1.68 bits per heavy atom. The summed E-state index contributed by atoms with van der Waals surface area (Å²) in [7, 11) is 0. The molecule has 2 rings (SSSR count). The van der Waals surface area contributed by atoms with E-state index in [0.717, 1.165) is 56.4 Å². The average Bonchev–Trinajstić information content (AvgIpc) is 2.59. The fraction of sp³-hybridized carbons (Fsp3) is 0.529. The maximum Gasteiger partial charge on any atom is 0.416 e. The lowest BCUT2D eigenvalue weighted by Gasteiger charge is -2.22. The van der Waals surface area contributed by atoms with Gasteiger partial charge in [-0.15, -0.1) is 0 Å². The first-order valence-electron chi connectivity index (χ1n) is 8.21. The van der Waals surface area contributed by atoms with Crippen LogP contribution in [0.4, 0.5) is 13.2 Å². The van der Waals surface area contributed by atoms with Crippen molar-refractivity contribution in [3.8, 4) is 0 Å². The summed E-state index contributed by atoms with van der Waals surface area (Å²) in [5, 5.41) is 14.9. The summed E-state index contributed by atoms with van der Waals surface area (Å²) in [6.45, 7) is -0.262. The molecule has 1 aromatic rings. The molecule has 1 aliphatic carbocycles. The van der Waals surface area contributed by atoms with Crippen LogP contribution in [0.15, 0.2) is 24.3 Å². The number of rotatable bonds is 4. The maximum absolute atomic E-state index is 12.5. The molecule has 0 radical (unpaired) electrons. The van der Waals surface area contributed by atoms with Crippen molar-refractivity contribution in [3.63, 3.8) is 0 Å². The van der Waals surface area contributed by atoms with E-state index in [-0.39, 0.29) is 18.2 Å². The van der Waals surface area contributed by atoms with E-state index in [1.165, 1.54) is 0 Å². The molecule has 0 aromatic heterocycles. The van der Waals surface area contributed by atoms with Gasteiger partial charge in [0.1, 0.15) is 0 Å². The molecule has 1 unspecified atom stereocenters. The number of nitrogens with one attached hydrogen (secondary N) is 2. The zero-order valence-electron chi connectivity index (χ0n) is 13.6. The summed E-state index contributed by atoms with van der Waals surface area (Å²) in [6, 6.07) is 3.99. The molecule has 1 fully saturated rings. The van der Waals surface area contributed by atoms with Crippen molar-refractivity contribution in [2.75, 3.05) is 6.54 Å². The van der Waals surface area contributed by atoms with E-state index < -0.39 is 29.7 Å². The predicted octanol–water partition coefficient (Wildman–Crippen LogP) is 2.30. The first-order valence-corrected chi connectivity index (χ1v) is 8.21. The van der Waals surface area contributed by atoms with Crippen LogP contribution in [-0.4, -0.2) is 29.5 Å². The average molecular weight is 358 g/mol. The van der Waals surface area contributed by atoms with Crippen LogP contribution in [0.3, 0.4) is 0 Å². The van der Waals surface area contributed by atoms with Crippen molar-refractivity contribution in [1.82, 2.24) is 10.6 Å². The molecule has 1 aromatic carbocycles. The van der Waals surface area contributed by atoms with Gasteiger partial charge in [-0.2, -0.15) is 13.2 Å². The van der Waals surface area contributed by atoms with Crippen molar-refractivity contribution >= 4 is 11.8 Å². The van der Waals surface area contributed by atoms with Crippen LogP contribution < -0.4 is 10.6 Å². The van der Waals surface area contributed by atoms with Crippen molar-refractivity contribution in [2.24, 2.45) is 0 Å². The van der Waals surface area contributed by atoms with Gasteiger partial charge in [0.25, 0.3) is 0 Å². The van der Waals surface area contributed by atoms with E-state index in [1.54, 1.807) is 0 Å². The molecule has 8 heteroatoms. The molecule has 1 aliphatic rings. The van der Waals surface area contributed by atoms with Crippen LogP contribution >= 0.6 is 0 Å². The highest BCUT2D eigenvalue weighted by Gasteiger charge is 2.30. The number of halogens is 3. The Balaban J connectivity index is 1.81. The van der Waals surface area contributed by atoms with Gasteiger partial charge < -0.3 is 15.7 Å². The Kier molecular flexibility index (Phi) is 6.41. The minimum Gasteiger partial charge on any atom is -0.387 e. The fourth-order valence-corrected chi connectivity index (χ4v) is 2.78. The maximum atomic E-state index is 12.5. The standard InChI is InChI=1S/C17H21F3N2O3/c18-17(19,20)12-8-6-11(7-9-12)14(23)10-21-15(24)16(25)22-13-4-2-1-3-5-13/h6-9,13-14,23H,1-5,10H2,(H,21,24)(H,22,25). The topological polar surface area (TPSA) is 78.4 Å². The molecule has 1 atom stereocenters. The second-order valence-corrected chi connectivity index (χ2v) is 6.15. The van der Waals surface area contributed by atoms with E-state index in [9.17, 15) is 27.9 Å². The number of hydrogen-bond acceptors (Lipinski definition) is 3. The third kappa shape index (κ3) is 5.74. The summed E-state index contributed by atoms with van der Waals surface area (Å²) < 4.78 is 37.5. The lowest BCUT2D eigenvalue weighted by Crippen LogP contribution is -2.46. The molecule has 5 nitrogen and oxygen atoms in total. The first-order chi connectivity index (χ1) is 11.8. The number of amides is 2. The summed E-state index contributed by atoms with van der Waals surface area (Å²) in [4.78, 5) is 23.5. The molecule has 0 spiro atoms. The second kappa shape index (κ2) is 8.33. The molecule has 25 heavy (non-hydrogen) atoms. The van der Waals surface area contributed by atoms with Gasteiger partial charge in [-0.25, -0.2) is 0 Å². The number of aliphatic hydroxyl groups excluding tert-OH is 1. The van der Waals surface area contributed by atoms with Gasteiger partial charge in [0.2, 0.25) is 0 Å². The van der Waals surface area contributed by atoms with Gasteiger partial charge in [-0.1, -0.05) is 31.4 Å². The number of carbonyl (C=O) groups is 2. The van der Waals surface area contributed by atoms with Crippen molar-refractivity contribution in [3.05, 3.63) is 35.4 Å². The quantitative estimate of drug-likeness (QED) is 0.723. The Bertz CT molecular complexity index is 596. The Morgan fingerprint density at radius 3 is 2.24 bits per heavy atom. The van der Waals surface area contributed by atoms with Gasteiger partial charge in [0, 0.05) is 12.6 Å². The lowest BCUT2D eigenvalue weighted by molar-refractivity contribution is -0.140. The minimum atomic E-state index is -4.45. The SMILES string of the molecule is O=C(NCC(O)c1ccc(C(F)(F)F)cc1)C(=O)NC1CCCCC1. The van der Waals surface area contributed by atoms with Crippen LogP contribution in [0, 0.1) is 0 Å². The van der Waals surface area contributed by atoms with Crippen LogP contribution in [0.2, 0.25) is 0 Å². The summed E-state index contributed by atoms with van der Waals surface area (Å²) in [6.07, 6.45) is -0.820. The first kappa shape index (κ1) is 19.2. The van der Waals surface area contributed by atoms with Gasteiger partial charge >= 0.3 is 18.0 Å². The highest BCUT2D eigenvalue weighted by atomic mass is 19.4. The van der Waals surface area contributed by atoms with E-state index in [1.807, 2.05) is 0 Å². The number of benzene rings is 1.